The van der Waals surface area contributed by atoms with E-state index < -0.39 is 0 Å². The largest absolute Gasteiger partial charge is 0.485 e. The van der Waals surface area contributed by atoms with Crippen LogP contribution in [0.25, 0.3) is 0 Å². The fourth-order valence-corrected chi connectivity index (χ4v) is 3.25. The minimum Gasteiger partial charge on any atom is -0.485 e. The van der Waals surface area contributed by atoms with Gasteiger partial charge in [0.2, 0.25) is 0 Å². The Morgan fingerprint density at radius 3 is 3.05 bits per heavy atom. The molecule has 2 aliphatic heterocycles. The maximum atomic E-state index is 6.10. The molecule has 1 unspecified atom stereocenters. The zero-order valence-electron chi connectivity index (χ0n) is 12.0. The van der Waals surface area contributed by atoms with Gasteiger partial charge in [0.25, 0.3) is 0 Å². The lowest BCUT2D eigenvalue weighted by atomic mass is 9.84. The van der Waals surface area contributed by atoms with Gasteiger partial charge in [-0.2, -0.15) is 0 Å². The third-order valence-corrected chi connectivity index (χ3v) is 4.14. The molecule has 3 heteroatoms. The van der Waals surface area contributed by atoms with Crippen LogP contribution in [0.1, 0.15) is 26.7 Å². The molecular weight excluding hydrogens is 236 g/mol. The molecule has 104 valence electrons. The molecule has 1 fully saturated rings. The first-order chi connectivity index (χ1) is 9.12. The maximum absolute atomic E-state index is 6.10. The molecule has 1 atom stereocenters. The fourth-order valence-electron chi connectivity index (χ4n) is 3.25. The van der Waals surface area contributed by atoms with E-state index in [1.807, 2.05) is 12.1 Å². The number of ether oxygens (including phenoxy) is 1. The van der Waals surface area contributed by atoms with Crippen LogP contribution in [0.3, 0.4) is 0 Å². The molecule has 2 aliphatic rings. The van der Waals surface area contributed by atoms with Crippen LogP contribution in [0, 0.1) is 5.41 Å². The molecule has 0 amide bonds. The van der Waals surface area contributed by atoms with E-state index in [9.17, 15) is 0 Å². The van der Waals surface area contributed by atoms with Crippen LogP contribution in [0.4, 0.5) is 5.69 Å². The summed E-state index contributed by atoms with van der Waals surface area (Å²) in [6.07, 6.45) is 2.92. The van der Waals surface area contributed by atoms with E-state index in [2.05, 4.69) is 36.2 Å². The second kappa shape index (κ2) is 5.04. The topological polar surface area (TPSA) is 24.5 Å². The Bertz CT molecular complexity index is 444. The summed E-state index contributed by atoms with van der Waals surface area (Å²) in [5.74, 6) is 0.995. The molecule has 1 N–H and O–H groups in total. The summed E-state index contributed by atoms with van der Waals surface area (Å²) >= 11 is 0. The first kappa shape index (κ1) is 12.8. The van der Waals surface area contributed by atoms with Crippen molar-refractivity contribution in [2.75, 3.05) is 31.5 Å². The molecule has 19 heavy (non-hydrogen) atoms. The number of nitrogens with zero attached hydrogens (tertiary/aromatic N) is 1. The van der Waals surface area contributed by atoms with Crippen LogP contribution >= 0.6 is 0 Å². The molecule has 1 aromatic carbocycles. The van der Waals surface area contributed by atoms with Crippen molar-refractivity contribution in [2.45, 2.75) is 32.8 Å². The summed E-state index contributed by atoms with van der Waals surface area (Å²) in [4.78, 5) is 2.56. The van der Waals surface area contributed by atoms with Crippen molar-refractivity contribution in [3.63, 3.8) is 0 Å². The minimum absolute atomic E-state index is 0.267. The zero-order valence-corrected chi connectivity index (χ0v) is 12.0. The molecule has 0 bridgehead atoms. The highest BCUT2D eigenvalue weighted by Crippen LogP contribution is 2.31. The second-order valence-corrected chi connectivity index (χ2v) is 6.62. The van der Waals surface area contributed by atoms with Gasteiger partial charge in [0, 0.05) is 13.1 Å². The van der Waals surface area contributed by atoms with Crippen molar-refractivity contribution in [1.82, 2.24) is 4.90 Å². The molecule has 0 radical (unpaired) electrons. The standard InChI is InChI=1S/C16H24N2O/c1-16(2)8-5-9-18(12-16)11-13-10-17-14-6-3-4-7-15(14)19-13/h3-4,6-7,13,17H,5,8-12H2,1-2H3. The van der Waals surface area contributed by atoms with Crippen molar-refractivity contribution in [2.24, 2.45) is 5.41 Å². The molecular formula is C16H24N2O. The normalized spacial score (nSPS) is 26.1. The highest BCUT2D eigenvalue weighted by Gasteiger charge is 2.29. The molecule has 3 nitrogen and oxygen atoms in total. The molecule has 0 spiro atoms. The van der Waals surface area contributed by atoms with Gasteiger partial charge < -0.3 is 10.1 Å². The average molecular weight is 260 g/mol. The molecule has 1 aromatic rings. The molecule has 0 aliphatic carbocycles. The van der Waals surface area contributed by atoms with Crippen LogP contribution in [-0.4, -0.2) is 37.2 Å². The van der Waals surface area contributed by atoms with Gasteiger partial charge in [-0.1, -0.05) is 26.0 Å². The number of hydrogen-bond acceptors (Lipinski definition) is 3. The van der Waals surface area contributed by atoms with Crippen molar-refractivity contribution < 1.29 is 4.74 Å². The Kier molecular flexibility index (Phi) is 3.40. The van der Waals surface area contributed by atoms with Crippen molar-refractivity contribution in [3.8, 4) is 5.75 Å². The number of hydrogen-bond donors (Lipinski definition) is 1. The molecule has 2 heterocycles. The summed E-state index contributed by atoms with van der Waals surface area (Å²) in [6.45, 7) is 9.08. The smallest absolute Gasteiger partial charge is 0.142 e. The minimum atomic E-state index is 0.267. The van der Waals surface area contributed by atoms with Crippen molar-refractivity contribution in [1.29, 1.82) is 0 Å². The predicted molar refractivity (Wildman–Crippen MR) is 78.8 cm³/mol. The van der Waals surface area contributed by atoms with E-state index in [4.69, 9.17) is 4.74 Å². The Hall–Kier alpha value is -1.22. The lowest BCUT2D eigenvalue weighted by molar-refractivity contribution is 0.0725. The van der Waals surface area contributed by atoms with Gasteiger partial charge in [-0.15, -0.1) is 0 Å². The lowest BCUT2D eigenvalue weighted by Gasteiger charge is -2.40. The SMILES string of the molecule is CC1(C)CCCN(CC2CNc3ccccc3O2)C1. The monoisotopic (exact) mass is 260 g/mol. The van der Waals surface area contributed by atoms with Crippen LogP contribution < -0.4 is 10.1 Å². The predicted octanol–water partition coefficient (Wildman–Crippen LogP) is 2.98. The molecule has 3 rings (SSSR count). The fraction of sp³-hybridized carbons (Fsp3) is 0.625. The first-order valence-corrected chi connectivity index (χ1v) is 7.34. The number of piperidine rings is 1. The van der Waals surface area contributed by atoms with E-state index in [0.29, 0.717) is 5.41 Å². The summed E-state index contributed by atoms with van der Waals surface area (Å²) < 4.78 is 6.10. The maximum Gasteiger partial charge on any atom is 0.142 e. The van der Waals surface area contributed by atoms with Gasteiger partial charge in [-0.25, -0.2) is 0 Å². The van der Waals surface area contributed by atoms with Gasteiger partial charge in [0.15, 0.2) is 0 Å². The average Bonchev–Trinajstić information content (AvgIpc) is 2.37. The van der Waals surface area contributed by atoms with Crippen LogP contribution in [0.5, 0.6) is 5.75 Å². The number of benzene rings is 1. The number of fused-ring (bicyclic) bond motifs is 1. The van der Waals surface area contributed by atoms with Gasteiger partial charge >= 0.3 is 0 Å². The number of likely N-dealkylation sites (tertiary alicyclic amines) is 1. The second-order valence-electron chi connectivity index (χ2n) is 6.62. The quantitative estimate of drug-likeness (QED) is 0.884. The number of para-hydroxylation sites is 2. The highest BCUT2D eigenvalue weighted by atomic mass is 16.5. The van der Waals surface area contributed by atoms with Gasteiger partial charge in [-0.3, -0.25) is 4.90 Å². The van der Waals surface area contributed by atoms with E-state index in [-0.39, 0.29) is 6.10 Å². The van der Waals surface area contributed by atoms with E-state index in [1.165, 1.54) is 25.9 Å². The van der Waals surface area contributed by atoms with E-state index >= 15 is 0 Å². The highest BCUT2D eigenvalue weighted by molar-refractivity contribution is 5.57. The van der Waals surface area contributed by atoms with Crippen molar-refractivity contribution in [3.05, 3.63) is 24.3 Å². The first-order valence-electron chi connectivity index (χ1n) is 7.34. The number of anilines is 1. The van der Waals surface area contributed by atoms with Crippen molar-refractivity contribution >= 4 is 5.69 Å². The van der Waals surface area contributed by atoms with Crippen LogP contribution in [0.2, 0.25) is 0 Å². The van der Waals surface area contributed by atoms with Gasteiger partial charge in [0.1, 0.15) is 11.9 Å². The Morgan fingerprint density at radius 1 is 1.37 bits per heavy atom. The molecule has 0 aromatic heterocycles. The Balaban J connectivity index is 1.60. The molecule has 1 saturated heterocycles. The van der Waals surface area contributed by atoms with Crippen LogP contribution in [0.15, 0.2) is 24.3 Å². The van der Waals surface area contributed by atoms with Gasteiger partial charge in [-0.05, 0) is 36.9 Å². The van der Waals surface area contributed by atoms with Crippen LogP contribution in [-0.2, 0) is 0 Å². The third-order valence-electron chi connectivity index (χ3n) is 4.14. The summed E-state index contributed by atoms with van der Waals surface area (Å²) in [7, 11) is 0. The lowest BCUT2D eigenvalue weighted by Crippen LogP contribution is -2.47. The summed E-state index contributed by atoms with van der Waals surface area (Å²) in [5.41, 5.74) is 1.58. The number of nitrogens with one attached hydrogen (secondary N) is 1. The molecule has 0 saturated carbocycles. The Labute approximate surface area is 115 Å². The zero-order chi connectivity index (χ0) is 13.3. The Morgan fingerprint density at radius 2 is 2.21 bits per heavy atom. The van der Waals surface area contributed by atoms with E-state index in [1.54, 1.807) is 0 Å². The summed E-state index contributed by atoms with van der Waals surface area (Å²) in [6, 6.07) is 8.21. The van der Waals surface area contributed by atoms with Gasteiger partial charge in [0.05, 0.1) is 12.2 Å². The third kappa shape index (κ3) is 3.03. The number of rotatable bonds is 2. The van der Waals surface area contributed by atoms with E-state index in [0.717, 1.165) is 24.5 Å². The summed E-state index contributed by atoms with van der Waals surface area (Å²) in [5, 5.41) is 3.47.